The highest BCUT2D eigenvalue weighted by atomic mass is 14.2. The second-order valence-corrected chi connectivity index (χ2v) is 12.9. The zero-order chi connectivity index (χ0) is 29.8. The molecule has 0 nitrogen and oxygen atoms in total. The van der Waals surface area contributed by atoms with Crippen molar-refractivity contribution in [3.05, 3.63) is 157 Å². The second-order valence-electron chi connectivity index (χ2n) is 12.9. The van der Waals surface area contributed by atoms with Crippen molar-refractivity contribution < 1.29 is 0 Å². The Labute approximate surface area is 259 Å². The fraction of sp³-hybridized carbons (Fsp3) is 0.0909. The molecule has 0 aromatic heterocycles. The maximum Gasteiger partial charge on any atom is -0.00201 e. The predicted octanol–water partition coefficient (Wildman–Crippen LogP) is 12.6. The van der Waals surface area contributed by atoms with Gasteiger partial charge in [-0.15, -0.1) is 0 Å². The van der Waals surface area contributed by atoms with Gasteiger partial charge >= 0.3 is 0 Å². The Bertz CT molecular complexity index is 2280. The van der Waals surface area contributed by atoms with Crippen LogP contribution in [0.2, 0.25) is 0 Å². The second kappa shape index (κ2) is 10.2. The molecule has 0 unspecified atom stereocenters. The topological polar surface area (TPSA) is 0 Å². The molecule has 0 fully saturated rings. The molecule has 0 aliphatic carbocycles. The first kappa shape index (κ1) is 26.4. The van der Waals surface area contributed by atoms with Crippen LogP contribution in [0.1, 0.15) is 26.3 Å². The Morgan fingerprint density at radius 3 is 1.34 bits per heavy atom. The standard InChI is InChI=1S/C44H34/c1-44(2,3)31-25-23-30(24-26-31)42-37-18-8-10-20-39(37)43(40-21-11-9-19-38(40)42)41-28-27-36(34-16-6-7-17-35(34)41)33-22-12-14-29-13-4-5-15-32(29)33/h4-28H,1-3H3. The van der Waals surface area contributed by atoms with Crippen molar-refractivity contribution in [2.24, 2.45) is 0 Å². The molecule has 0 N–H and O–H groups in total. The molecule has 0 spiro atoms. The Balaban J connectivity index is 1.43. The highest BCUT2D eigenvalue weighted by molar-refractivity contribution is 6.24. The lowest BCUT2D eigenvalue weighted by Gasteiger charge is -2.21. The van der Waals surface area contributed by atoms with Crippen molar-refractivity contribution >= 4 is 43.1 Å². The quantitative estimate of drug-likeness (QED) is 0.188. The van der Waals surface area contributed by atoms with Gasteiger partial charge in [0.25, 0.3) is 0 Å². The van der Waals surface area contributed by atoms with Crippen LogP contribution >= 0.6 is 0 Å². The van der Waals surface area contributed by atoms with Gasteiger partial charge in [-0.2, -0.15) is 0 Å². The summed E-state index contributed by atoms with van der Waals surface area (Å²) in [5.41, 5.74) is 9.14. The molecule has 8 aromatic rings. The molecule has 44 heavy (non-hydrogen) atoms. The SMILES string of the molecule is CC(C)(C)c1ccc(-c2c3ccccc3c(-c3ccc(-c4cccc5ccccc45)c4ccccc34)c3ccccc23)cc1. The lowest BCUT2D eigenvalue weighted by Crippen LogP contribution is -2.10. The molecule has 0 heterocycles. The minimum Gasteiger partial charge on any atom is -0.0616 e. The van der Waals surface area contributed by atoms with Gasteiger partial charge in [0, 0.05) is 0 Å². The maximum absolute atomic E-state index is 2.35. The van der Waals surface area contributed by atoms with E-state index in [0.717, 1.165) is 0 Å². The summed E-state index contributed by atoms with van der Waals surface area (Å²) >= 11 is 0. The Kier molecular flexibility index (Phi) is 6.13. The summed E-state index contributed by atoms with van der Waals surface area (Å²) in [6.07, 6.45) is 0. The molecule has 0 saturated carbocycles. The molecule has 210 valence electrons. The van der Waals surface area contributed by atoms with Gasteiger partial charge in [0.1, 0.15) is 0 Å². The normalized spacial score (nSPS) is 12.0. The van der Waals surface area contributed by atoms with E-state index in [9.17, 15) is 0 Å². The molecule has 0 aliphatic heterocycles. The van der Waals surface area contributed by atoms with Gasteiger partial charge in [-0.1, -0.05) is 172 Å². The van der Waals surface area contributed by atoms with Crippen molar-refractivity contribution in [1.82, 2.24) is 0 Å². The molecule has 0 radical (unpaired) electrons. The van der Waals surface area contributed by atoms with Gasteiger partial charge in [-0.25, -0.2) is 0 Å². The van der Waals surface area contributed by atoms with Crippen LogP contribution in [-0.2, 0) is 5.41 Å². The third kappa shape index (κ3) is 4.21. The Morgan fingerprint density at radius 2 is 0.750 bits per heavy atom. The van der Waals surface area contributed by atoms with Crippen LogP contribution in [0.4, 0.5) is 0 Å². The van der Waals surface area contributed by atoms with Gasteiger partial charge in [-0.05, 0) is 87.4 Å². The van der Waals surface area contributed by atoms with E-state index in [2.05, 4.69) is 172 Å². The van der Waals surface area contributed by atoms with Crippen LogP contribution in [0.15, 0.2) is 152 Å². The summed E-state index contributed by atoms with van der Waals surface area (Å²) in [7, 11) is 0. The summed E-state index contributed by atoms with van der Waals surface area (Å²) in [6, 6.07) is 56.1. The highest BCUT2D eigenvalue weighted by Crippen LogP contribution is 2.47. The minimum absolute atomic E-state index is 0.117. The highest BCUT2D eigenvalue weighted by Gasteiger charge is 2.20. The maximum atomic E-state index is 2.35. The fourth-order valence-electron chi connectivity index (χ4n) is 7.08. The average Bonchev–Trinajstić information content (AvgIpc) is 3.06. The molecule has 8 aromatic carbocycles. The van der Waals surface area contributed by atoms with Crippen LogP contribution in [0.25, 0.3) is 76.5 Å². The van der Waals surface area contributed by atoms with Crippen LogP contribution < -0.4 is 0 Å². The van der Waals surface area contributed by atoms with Crippen LogP contribution in [0.5, 0.6) is 0 Å². The summed E-state index contributed by atoms with van der Waals surface area (Å²) in [4.78, 5) is 0. The third-order valence-corrected chi connectivity index (χ3v) is 9.24. The molecular weight excluding hydrogens is 528 g/mol. The summed E-state index contributed by atoms with van der Waals surface area (Å²) in [5, 5.41) is 10.2. The van der Waals surface area contributed by atoms with E-state index in [4.69, 9.17) is 0 Å². The Morgan fingerprint density at radius 1 is 0.318 bits per heavy atom. The van der Waals surface area contributed by atoms with Gasteiger partial charge in [0.15, 0.2) is 0 Å². The summed E-state index contributed by atoms with van der Waals surface area (Å²) in [5.74, 6) is 0. The molecule has 0 atom stereocenters. The number of hydrogen-bond acceptors (Lipinski definition) is 0. The van der Waals surface area contributed by atoms with Crippen molar-refractivity contribution in [2.45, 2.75) is 26.2 Å². The molecule has 0 bridgehead atoms. The number of rotatable bonds is 3. The number of benzene rings is 8. The van der Waals surface area contributed by atoms with Crippen molar-refractivity contribution in [3.63, 3.8) is 0 Å². The van der Waals surface area contributed by atoms with Crippen LogP contribution in [0, 0.1) is 0 Å². The smallest absolute Gasteiger partial charge is 0.00201 e. The largest absolute Gasteiger partial charge is 0.0616 e. The molecule has 0 saturated heterocycles. The van der Waals surface area contributed by atoms with E-state index in [0.29, 0.717) is 0 Å². The average molecular weight is 563 g/mol. The lowest BCUT2D eigenvalue weighted by molar-refractivity contribution is 0.590. The zero-order valence-electron chi connectivity index (χ0n) is 25.4. The molecular formula is C44H34. The summed E-state index contributed by atoms with van der Waals surface area (Å²) in [6.45, 7) is 6.83. The van der Waals surface area contributed by atoms with Gasteiger partial charge in [-0.3, -0.25) is 0 Å². The van der Waals surface area contributed by atoms with Gasteiger partial charge < -0.3 is 0 Å². The molecule has 0 aliphatic rings. The van der Waals surface area contributed by atoms with E-state index >= 15 is 0 Å². The van der Waals surface area contributed by atoms with E-state index in [1.54, 1.807) is 0 Å². The monoisotopic (exact) mass is 562 g/mol. The summed E-state index contributed by atoms with van der Waals surface area (Å²) < 4.78 is 0. The van der Waals surface area contributed by atoms with Crippen molar-refractivity contribution in [3.8, 4) is 33.4 Å². The lowest BCUT2D eigenvalue weighted by atomic mass is 9.82. The predicted molar refractivity (Wildman–Crippen MR) is 191 cm³/mol. The first-order chi connectivity index (χ1) is 21.5. The van der Waals surface area contributed by atoms with Gasteiger partial charge in [0.05, 0.1) is 0 Å². The molecule has 0 heteroatoms. The van der Waals surface area contributed by atoms with E-state index in [1.165, 1.54) is 82.0 Å². The van der Waals surface area contributed by atoms with E-state index in [-0.39, 0.29) is 5.41 Å². The first-order valence-electron chi connectivity index (χ1n) is 15.5. The minimum atomic E-state index is 0.117. The van der Waals surface area contributed by atoms with E-state index < -0.39 is 0 Å². The Hall–Kier alpha value is -5.20. The number of hydrogen-bond donors (Lipinski definition) is 0. The number of fused-ring (bicyclic) bond motifs is 4. The van der Waals surface area contributed by atoms with Gasteiger partial charge in [0.2, 0.25) is 0 Å². The van der Waals surface area contributed by atoms with Crippen LogP contribution in [-0.4, -0.2) is 0 Å². The van der Waals surface area contributed by atoms with Crippen LogP contribution in [0.3, 0.4) is 0 Å². The zero-order valence-corrected chi connectivity index (χ0v) is 25.4. The van der Waals surface area contributed by atoms with E-state index in [1.807, 2.05) is 0 Å². The third-order valence-electron chi connectivity index (χ3n) is 9.24. The first-order valence-corrected chi connectivity index (χ1v) is 15.5. The van der Waals surface area contributed by atoms with Crippen molar-refractivity contribution in [1.29, 1.82) is 0 Å². The fourth-order valence-corrected chi connectivity index (χ4v) is 7.08. The molecule has 8 rings (SSSR count). The molecule has 0 amide bonds. The van der Waals surface area contributed by atoms with Crippen molar-refractivity contribution in [2.75, 3.05) is 0 Å².